The number of hydrogen-bond donors (Lipinski definition) is 3. The minimum absolute atomic E-state index is 0.0692. The average Bonchev–Trinajstić information content (AvgIpc) is 3.53. The molecule has 1 aliphatic heterocycles. The van der Waals surface area contributed by atoms with Crippen molar-refractivity contribution in [1.29, 1.82) is 0 Å². The van der Waals surface area contributed by atoms with Gasteiger partial charge in [0.25, 0.3) is 5.91 Å². The summed E-state index contributed by atoms with van der Waals surface area (Å²) in [5.74, 6) is 0.780. The van der Waals surface area contributed by atoms with Crippen LogP contribution in [0, 0.1) is 6.92 Å². The molecule has 5 aromatic carbocycles. The number of aliphatic imine (C=N–C) groups is 1. The number of aryl methyl sites for hydroxylation is 1. The maximum Gasteiger partial charge on any atom is 0.266 e. The fourth-order valence-electron chi connectivity index (χ4n) is 5.89. The van der Waals surface area contributed by atoms with Crippen LogP contribution in [0.3, 0.4) is 0 Å². The van der Waals surface area contributed by atoms with Crippen molar-refractivity contribution in [2.24, 2.45) is 4.99 Å². The first kappa shape index (κ1) is 34.1. The number of carbonyl (C=O) groups is 1. The predicted octanol–water partition coefficient (Wildman–Crippen LogP) is 7.55. The summed E-state index contributed by atoms with van der Waals surface area (Å²) in [6.45, 7) is 3.11. The third-order valence-electron chi connectivity index (χ3n) is 8.60. The van der Waals surface area contributed by atoms with E-state index in [2.05, 4.69) is 82.2 Å². The van der Waals surface area contributed by atoms with Crippen LogP contribution in [0.15, 0.2) is 137 Å². The van der Waals surface area contributed by atoms with Crippen molar-refractivity contribution in [3.05, 3.63) is 160 Å². The number of amides is 1. The first-order valence-electron chi connectivity index (χ1n) is 16.5. The number of hydrogen-bond acceptors (Lipinski definition) is 6. The highest BCUT2D eigenvalue weighted by molar-refractivity contribution is 9.10. The van der Waals surface area contributed by atoms with Gasteiger partial charge in [-0.15, -0.1) is 0 Å². The van der Waals surface area contributed by atoms with Crippen molar-refractivity contribution < 1.29 is 19.4 Å². The summed E-state index contributed by atoms with van der Waals surface area (Å²) in [6, 6.07) is 42.2. The largest absolute Gasteiger partial charge is 0.494 e. The Morgan fingerprint density at radius 3 is 2.18 bits per heavy atom. The van der Waals surface area contributed by atoms with Gasteiger partial charge in [0.1, 0.15) is 5.75 Å². The molecule has 0 unspecified atom stereocenters. The fourth-order valence-corrected chi connectivity index (χ4v) is 6.15. The Hall–Kier alpha value is -4.76. The molecule has 0 spiro atoms. The topological polar surface area (TPSA) is 92.2 Å². The summed E-state index contributed by atoms with van der Waals surface area (Å²) < 4.78 is 13.4. The quantitative estimate of drug-likeness (QED) is 0.0816. The second kappa shape index (κ2) is 16.1. The van der Waals surface area contributed by atoms with Crippen LogP contribution in [-0.2, 0) is 22.4 Å². The minimum Gasteiger partial charge on any atom is -0.494 e. The lowest BCUT2D eigenvalue weighted by Gasteiger charge is -2.31. The van der Waals surface area contributed by atoms with E-state index in [1.54, 1.807) is 0 Å². The Kier molecular flexibility index (Phi) is 11.2. The summed E-state index contributed by atoms with van der Waals surface area (Å²) >= 11 is 3.54. The van der Waals surface area contributed by atoms with Crippen LogP contribution in [0.1, 0.15) is 40.3 Å². The van der Waals surface area contributed by atoms with Gasteiger partial charge in [0.05, 0.1) is 6.61 Å². The van der Waals surface area contributed by atoms with E-state index in [1.807, 2.05) is 78.9 Å². The van der Waals surface area contributed by atoms with Gasteiger partial charge in [0, 0.05) is 36.0 Å². The highest BCUT2D eigenvalue weighted by Gasteiger charge is 2.53. The van der Waals surface area contributed by atoms with Crippen molar-refractivity contribution in [1.82, 2.24) is 10.9 Å². The van der Waals surface area contributed by atoms with E-state index in [4.69, 9.17) is 19.6 Å². The van der Waals surface area contributed by atoms with Gasteiger partial charge in [0.15, 0.2) is 11.6 Å². The van der Waals surface area contributed by atoms with E-state index in [-0.39, 0.29) is 12.5 Å². The minimum atomic E-state index is -1.33. The number of halogens is 1. The summed E-state index contributed by atoms with van der Waals surface area (Å²) in [5.41, 5.74) is 11.9. The molecule has 0 bridgehead atoms. The Bertz CT molecular complexity index is 1850. The van der Waals surface area contributed by atoms with Crippen molar-refractivity contribution in [2.75, 3.05) is 19.8 Å². The van der Waals surface area contributed by atoms with Gasteiger partial charge in [-0.1, -0.05) is 112 Å². The van der Waals surface area contributed by atoms with E-state index in [1.165, 1.54) is 11.1 Å². The molecule has 0 radical (unpaired) electrons. The fraction of sp³-hybridized carbons (Fsp3) is 0.220. The van der Waals surface area contributed by atoms with Gasteiger partial charge in [-0.2, -0.15) is 0 Å². The van der Waals surface area contributed by atoms with Crippen LogP contribution in [0.4, 0.5) is 0 Å². The van der Waals surface area contributed by atoms with Crippen molar-refractivity contribution in [2.45, 2.75) is 37.8 Å². The van der Waals surface area contributed by atoms with Gasteiger partial charge in [0.2, 0.25) is 5.90 Å². The first-order valence-corrected chi connectivity index (χ1v) is 17.3. The van der Waals surface area contributed by atoms with Crippen LogP contribution in [0.5, 0.6) is 5.75 Å². The van der Waals surface area contributed by atoms with Gasteiger partial charge >= 0.3 is 0 Å². The first-order chi connectivity index (χ1) is 23.9. The van der Waals surface area contributed by atoms with Gasteiger partial charge in [-0.05, 0) is 77.6 Å². The van der Waals surface area contributed by atoms with E-state index in [9.17, 15) is 4.79 Å². The Morgan fingerprint density at radius 1 is 0.837 bits per heavy atom. The lowest BCUT2D eigenvalue weighted by atomic mass is 9.82. The van der Waals surface area contributed by atoms with Crippen LogP contribution in [0.2, 0.25) is 0 Å². The molecule has 0 saturated heterocycles. The van der Waals surface area contributed by atoms with Crippen LogP contribution in [0.25, 0.3) is 11.1 Å². The Balaban J connectivity index is 1.34. The standard InChI is InChI=1S/C41H40BrN3O4/c1-29-8-10-30(11-9-29)24-25-43-45-40(47)41(28-31-12-20-36(42)21-13-31)38(34-16-14-33(15-17-34)32-6-3-2-4-7-32)49-39(44-41)35-18-22-37(23-19-35)48-27-5-26-46/h2-4,6-23,38,43,46H,5,24-28H2,1H3,(H,45,47)/t38-,41-/m0/s1. The number of aliphatic hydroxyl groups is 1. The monoisotopic (exact) mass is 717 g/mol. The molecule has 1 aliphatic rings. The molecule has 0 fully saturated rings. The van der Waals surface area contributed by atoms with Gasteiger partial charge in [-0.3, -0.25) is 10.2 Å². The number of carbonyl (C=O) groups excluding carboxylic acids is 1. The third kappa shape index (κ3) is 8.46. The number of hydrazine groups is 1. The van der Waals surface area contributed by atoms with Gasteiger partial charge < -0.3 is 14.6 Å². The maximum absolute atomic E-state index is 14.5. The Labute approximate surface area is 296 Å². The van der Waals surface area contributed by atoms with E-state index in [0.717, 1.165) is 38.7 Å². The summed E-state index contributed by atoms with van der Waals surface area (Å²) in [4.78, 5) is 19.7. The number of nitrogens with one attached hydrogen (secondary N) is 2. The van der Waals surface area contributed by atoms with Crippen LogP contribution in [-0.4, -0.2) is 42.2 Å². The molecule has 7 nitrogen and oxygen atoms in total. The normalized spacial score (nSPS) is 16.9. The van der Waals surface area contributed by atoms with E-state index in [0.29, 0.717) is 37.6 Å². The number of rotatable bonds is 14. The van der Waals surface area contributed by atoms with Crippen molar-refractivity contribution >= 4 is 27.7 Å². The molecular formula is C41H40BrN3O4. The smallest absolute Gasteiger partial charge is 0.266 e. The zero-order valence-electron chi connectivity index (χ0n) is 27.4. The average molecular weight is 719 g/mol. The molecule has 1 amide bonds. The zero-order chi connectivity index (χ0) is 34.1. The predicted molar refractivity (Wildman–Crippen MR) is 197 cm³/mol. The van der Waals surface area contributed by atoms with E-state index < -0.39 is 11.6 Å². The van der Waals surface area contributed by atoms with Crippen LogP contribution < -0.4 is 15.6 Å². The molecule has 3 N–H and O–H groups in total. The van der Waals surface area contributed by atoms with Crippen molar-refractivity contribution in [3.8, 4) is 16.9 Å². The highest BCUT2D eigenvalue weighted by atomic mass is 79.9. The molecule has 6 rings (SSSR count). The number of benzene rings is 5. The second-order valence-corrected chi connectivity index (χ2v) is 13.1. The van der Waals surface area contributed by atoms with Crippen LogP contribution >= 0.6 is 15.9 Å². The van der Waals surface area contributed by atoms with E-state index >= 15 is 0 Å². The molecule has 49 heavy (non-hydrogen) atoms. The highest BCUT2D eigenvalue weighted by Crippen LogP contribution is 2.43. The second-order valence-electron chi connectivity index (χ2n) is 12.2. The number of aliphatic hydroxyl groups excluding tert-OH is 1. The third-order valence-corrected chi connectivity index (χ3v) is 9.13. The molecule has 5 aromatic rings. The number of nitrogens with zero attached hydrogens (tertiary/aromatic N) is 1. The number of ether oxygens (including phenoxy) is 2. The summed E-state index contributed by atoms with van der Waals surface area (Å²) in [5, 5.41) is 9.11. The van der Waals surface area contributed by atoms with Gasteiger partial charge in [-0.25, -0.2) is 10.4 Å². The molecule has 1 heterocycles. The molecular weight excluding hydrogens is 678 g/mol. The zero-order valence-corrected chi connectivity index (χ0v) is 29.0. The molecule has 250 valence electrons. The molecule has 0 saturated carbocycles. The maximum atomic E-state index is 14.5. The summed E-state index contributed by atoms with van der Waals surface area (Å²) in [7, 11) is 0. The lowest BCUT2D eigenvalue weighted by molar-refractivity contribution is -0.130. The molecule has 8 heteroatoms. The Morgan fingerprint density at radius 2 is 1.49 bits per heavy atom. The lowest BCUT2D eigenvalue weighted by Crippen LogP contribution is -2.54. The molecule has 0 aliphatic carbocycles. The van der Waals surface area contributed by atoms with Crippen molar-refractivity contribution in [3.63, 3.8) is 0 Å². The molecule has 0 aromatic heterocycles. The molecule has 2 atom stereocenters. The summed E-state index contributed by atoms with van der Waals surface area (Å²) in [6.07, 6.45) is 0.899. The SMILES string of the molecule is Cc1ccc(CCNNC(=O)[C@@]2(Cc3ccc(Br)cc3)N=C(c3ccc(OCCCO)cc3)O[C@H]2c2ccc(-c3ccccc3)cc2)cc1.